The van der Waals surface area contributed by atoms with Gasteiger partial charge in [-0.1, -0.05) is 12.1 Å². The van der Waals surface area contributed by atoms with Gasteiger partial charge in [-0.05, 0) is 59.7 Å². The highest BCUT2D eigenvalue weighted by Crippen LogP contribution is 2.34. The average molecular weight is 513 g/mol. The summed E-state index contributed by atoms with van der Waals surface area (Å²) in [5.41, 5.74) is 6.91. The summed E-state index contributed by atoms with van der Waals surface area (Å²) in [6.07, 6.45) is 6.28. The zero-order chi connectivity index (χ0) is 25.6. The summed E-state index contributed by atoms with van der Waals surface area (Å²) >= 11 is 0. The SMILES string of the molecule is CS(=O)(=O)NCc1cc(F)cc(-c2nccc3[nH]c(-c4n[nH]c5ccc(-c6cccnc6)cc45)cc23)c1. The first kappa shape index (κ1) is 23.0. The van der Waals surface area contributed by atoms with Crippen LogP contribution in [0.25, 0.3) is 55.6 Å². The van der Waals surface area contributed by atoms with Crippen LogP contribution in [0.3, 0.4) is 0 Å². The Balaban J connectivity index is 1.44. The summed E-state index contributed by atoms with van der Waals surface area (Å²) < 4.78 is 39.9. The lowest BCUT2D eigenvalue weighted by Gasteiger charge is -2.08. The maximum absolute atomic E-state index is 14.5. The Morgan fingerprint density at radius 3 is 2.57 bits per heavy atom. The number of rotatable bonds is 6. The van der Waals surface area contributed by atoms with E-state index in [9.17, 15) is 12.8 Å². The summed E-state index contributed by atoms with van der Waals surface area (Å²) in [4.78, 5) is 12.1. The molecule has 8 nitrogen and oxygen atoms in total. The number of aromatic nitrogens is 5. The predicted molar refractivity (Wildman–Crippen MR) is 141 cm³/mol. The Hall–Kier alpha value is -4.41. The fraction of sp³-hybridized carbons (Fsp3) is 0.0741. The molecule has 0 amide bonds. The Bertz CT molecular complexity index is 1880. The smallest absolute Gasteiger partial charge is 0.209 e. The van der Waals surface area contributed by atoms with Crippen LogP contribution in [0.4, 0.5) is 4.39 Å². The van der Waals surface area contributed by atoms with Gasteiger partial charge in [-0.15, -0.1) is 0 Å². The molecule has 0 atom stereocenters. The molecule has 0 aliphatic rings. The lowest BCUT2D eigenvalue weighted by Crippen LogP contribution is -2.21. The quantitative estimate of drug-likeness (QED) is 0.290. The third-order valence-electron chi connectivity index (χ3n) is 6.13. The molecule has 0 saturated carbocycles. The largest absolute Gasteiger partial charge is 0.353 e. The van der Waals surface area contributed by atoms with E-state index in [1.165, 1.54) is 12.1 Å². The average Bonchev–Trinajstić information content (AvgIpc) is 3.51. The fourth-order valence-electron chi connectivity index (χ4n) is 4.45. The van der Waals surface area contributed by atoms with Gasteiger partial charge in [0.25, 0.3) is 0 Å². The van der Waals surface area contributed by atoms with Gasteiger partial charge in [0.15, 0.2) is 0 Å². The van der Waals surface area contributed by atoms with Gasteiger partial charge in [0.1, 0.15) is 11.5 Å². The predicted octanol–water partition coefficient (Wildman–Crippen LogP) is 5.02. The second-order valence-electron chi connectivity index (χ2n) is 8.82. The van der Waals surface area contributed by atoms with Gasteiger partial charge >= 0.3 is 0 Å². The Labute approximate surface area is 211 Å². The van der Waals surface area contributed by atoms with Gasteiger partial charge < -0.3 is 4.98 Å². The topological polar surface area (TPSA) is 116 Å². The first-order valence-electron chi connectivity index (χ1n) is 11.5. The van der Waals surface area contributed by atoms with Gasteiger partial charge in [0.2, 0.25) is 10.0 Å². The molecular weight excluding hydrogens is 491 g/mol. The summed E-state index contributed by atoms with van der Waals surface area (Å²) in [5, 5.41) is 9.39. The maximum Gasteiger partial charge on any atom is 0.209 e. The molecule has 6 rings (SSSR count). The van der Waals surface area contributed by atoms with Crippen molar-refractivity contribution in [3.8, 4) is 33.8 Å². The highest BCUT2D eigenvalue weighted by Gasteiger charge is 2.16. The number of fused-ring (bicyclic) bond motifs is 2. The highest BCUT2D eigenvalue weighted by atomic mass is 32.2. The molecular formula is C27H21FN6O2S. The molecule has 184 valence electrons. The molecule has 0 radical (unpaired) electrons. The van der Waals surface area contributed by atoms with Crippen molar-refractivity contribution >= 4 is 31.8 Å². The monoisotopic (exact) mass is 512 g/mol. The number of H-pyrrole nitrogens is 2. The molecule has 0 unspecified atom stereocenters. The Morgan fingerprint density at radius 2 is 1.76 bits per heavy atom. The number of sulfonamides is 1. The lowest BCUT2D eigenvalue weighted by atomic mass is 10.0. The van der Waals surface area contributed by atoms with Crippen LogP contribution in [-0.4, -0.2) is 39.8 Å². The van der Waals surface area contributed by atoms with Gasteiger partial charge in [0.05, 0.1) is 23.2 Å². The Morgan fingerprint density at radius 1 is 0.892 bits per heavy atom. The number of halogens is 1. The zero-order valence-corrected chi connectivity index (χ0v) is 20.5. The van der Waals surface area contributed by atoms with Crippen molar-refractivity contribution in [2.45, 2.75) is 6.54 Å². The van der Waals surface area contributed by atoms with Crippen molar-refractivity contribution in [1.82, 2.24) is 29.9 Å². The molecule has 0 aliphatic carbocycles. The number of nitrogens with one attached hydrogen (secondary N) is 3. The second-order valence-corrected chi connectivity index (χ2v) is 10.7. The number of aromatic amines is 2. The third kappa shape index (κ3) is 4.59. The second kappa shape index (κ2) is 8.91. The molecule has 10 heteroatoms. The lowest BCUT2D eigenvalue weighted by molar-refractivity contribution is 0.586. The number of hydrogen-bond acceptors (Lipinski definition) is 5. The molecule has 0 saturated heterocycles. The van der Waals surface area contributed by atoms with Crippen molar-refractivity contribution in [2.75, 3.05) is 6.26 Å². The van der Waals surface area contributed by atoms with Gasteiger partial charge in [-0.25, -0.2) is 17.5 Å². The molecule has 0 spiro atoms. The van der Waals surface area contributed by atoms with E-state index >= 15 is 0 Å². The van der Waals surface area contributed by atoms with Crippen LogP contribution < -0.4 is 4.72 Å². The van der Waals surface area contributed by atoms with E-state index in [-0.39, 0.29) is 6.54 Å². The van der Waals surface area contributed by atoms with Crippen LogP contribution >= 0.6 is 0 Å². The van der Waals surface area contributed by atoms with Crippen molar-refractivity contribution in [3.63, 3.8) is 0 Å². The summed E-state index contributed by atoms with van der Waals surface area (Å²) in [6, 6.07) is 18.2. The van der Waals surface area contributed by atoms with E-state index in [0.29, 0.717) is 16.8 Å². The van der Waals surface area contributed by atoms with Gasteiger partial charge in [-0.3, -0.25) is 15.1 Å². The number of nitrogens with zero attached hydrogens (tertiary/aromatic N) is 3. The standard InChI is InChI=1S/C27H21FN6O2S/c1-37(35,36)31-14-16-9-19(11-20(28)10-16)26-22-13-25(32-23(22)6-8-30-26)27-21-12-17(4-5-24(21)33-34-27)18-3-2-7-29-15-18/h2-13,15,31-32H,14H2,1H3,(H,33,34). The minimum Gasteiger partial charge on any atom is -0.353 e. The minimum atomic E-state index is -3.41. The molecule has 0 bridgehead atoms. The number of hydrogen-bond donors (Lipinski definition) is 3. The molecule has 2 aromatic carbocycles. The number of pyridine rings is 2. The van der Waals surface area contributed by atoms with E-state index in [1.54, 1.807) is 18.5 Å². The van der Waals surface area contributed by atoms with Crippen molar-refractivity contribution in [3.05, 3.63) is 90.6 Å². The molecule has 0 fully saturated rings. The molecule has 37 heavy (non-hydrogen) atoms. The van der Waals surface area contributed by atoms with Crippen molar-refractivity contribution in [1.29, 1.82) is 0 Å². The minimum absolute atomic E-state index is 0.0174. The van der Waals surface area contributed by atoms with Crippen LogP contribution in [0, 0.1) is 5.82 Å². The van der Waals surface area contributed by atoms with E-state index in [0.717, 1.165) is 50.6 Å². The molecule has 4 aromatic heterocycles. The van der Waals surface area contributed by atoms with Crippen molar-refractivity contribution < 1.29 is 12.8 Å². The third-order valence-corrected chi connectivity index (χ3v) is 6.80. The van der Waals surface area contributed by atoms with E-state index in [1.807, 2.05) is 42.6 Å². The normalized spacial score (nSPS) is 11.9. The molecule has 3 N–H and O–H groups in total. The van der Waals surface area contributed by atoms with Crippen LogP contribution in [0.1, 0.15) is 5.56 Å². The summed E-state index contributed by atoms with van der Waals surface area (Å²) in [5.74, 6) is -0.474. The molecule has 6 aromatic rings. The number of benzene rings is 2. The Kier molecular flexibility index (Phi) is 5.54. The van der Waals surface area contributed by atoms with Crippen LogP contribution in [-0.2, 0) is 16.6 Å². The van der Waals surface area contributed by atoms with E-state index in [2.05, 4.69) is 35.9 Å². The van der Waals surface area contributed by atoms with E-state index in [4.69, 9.17) is 0 Å². The van der Waals surface area contributed by atoms with Gasteiger partial charge in [0, 0.05) is 52.6 Å². The summed E-state index contributed by atoms with van der Waals surface area (Å²) in [6.45, 7) is -0.0174. The summed E-state index contributed by atoms with van der Waals surface area (Å²) in [7, 11) is -3.41. The first-order valence-corrected chi connectivity index (χ1v) is 13.3. The first-order chi connectivity index (χ1) is 17.8. The van der Waals surface area contributed by atoms with E-state index < -0.39 is 15.8 Å². The fourth-order valence-corrected chi connectivity index (χ4v) is 4.88. The zero-order valence-electron chi connectivity index (χ0n) is 19.7. The van der Waals surface area contributed by atoms with Crippen molar-refractivity contribution in [2.24, 2.45) is 0 Å². The van der Waals surface area contributed by atoms with Crippen LogP contribution in [0.5, 0.6) is 0 Å². The van der Waals surface area contributed by atoms with Crippen LogP contribution in [0.2, 0.25) is 0 Å². The highest BCUT2D eigenvalue weighted by molar-refractivity contribution is 7.88. The maximum atomic E-state index is 14.5. The molecule has 4 heterocycles. The van der Waals surface area contributed by atoms with Gasteiger partial charge in [-0.2, -0.15) is 5.10 Å². The molecule has 0 aliphatic heterocycles. The van der Waals surface area contributed by atoms with Crippen LogP contribution in [0.15, 0.2) is 79.3 Å².